The van der Waals surface area contributed by atoms with E-state index in [-0.39, 0.29) is 30.4 Å². The van der Waals surface area contributed by atoms with Gasteiger partial charge in [-0.3, -0.25) is 9.59 Å². The fourth-order valence-electron chi connectivity index (χ4n) is 4.55. The van der Waals surface area contributed by atoms with Crippen LogP contribution in [0.2, 0.25) is 0 Å². The van der Waals surface area contributed by atoms with Crippen molar-refractivity contribution in [2.24, 2.45) is 0 Å². The Balaban J connectivity index is 1.54. The van der Waals surface area contributed by atoms with Gasteiger partial charge in [0, 0.05) is 53.5 Å². The van der Waals surface area contributed by atoms with Crippen LogP contribution in [-0.4, -0.2) is 37.4 Å². The molecule has 0 saturated carbocycles. The molecule has 1 unspecified atom stereocenters. The molecule has 4 rings (SSSR count). The first-order valence-corrected chi connectivity index (χ1v) is 12.1. The number of nitrogens with one attached hydrogen (secondary N) is 2. The molecular weight excluding hydrogens is 452 g/mol. The maximum atomic E-state index is 12.8. The third-order valence-electron chi connectivity index (χ3n) is 6.72. The lowest BCUT2D eigenvalue weighted by Crippen LogP contribution is -2.29. The highest BCUT2D eigenvalue weighted by molar-refractivity contribution is 5.98. The van der Waals surface area contributed by atoms with E-state index in [2.05, 4.69) is 16.4 Å². The number of benzene rings is 3. The lowest BCUT2D eigenvalue weighted by atomic mass is 9.89. The van der Waals surface area contributed by atoms with Crippen LogP contribution >= 0.6 is 0 Å². The number of hydrogen-bond acceptors (Lipinski definition) is 4. The Hall–Kier alpha value is -4.06. The number of para-hydroxylation sites is 2. The predicted molar refractivity (Wildman–Crippen MR) is 142 cm³/mol. The van der Waals surface area contributed by atoms with E-state index in [4.69, 9.17) is 9.47 Å². The molecular formula is C30H32N2O4. The minimum absolute atomic E-state index is 0.0316. The number of aryl methyl sites for hydroxylation is 2. The van der Waals surface area contributed by atoms with Crippen molar-refractivity contribution < 1.29 is 19.1 Å². The molecule has 3 aromatic carbocycles. The molecule has 0 aliphatic rings. The fraction of sp³-hybridized carbons (Fsp3) is 0.267. The highest BCUT2D eigenvalue weighted by atomic mass is 16.5. The number of rotatable bonds is 10. The van der Waals surface area contributed by atoms with Crippen LogP contribution in [0.4, 0.5) is 0 Å². The van der Waals surface area contributed by atoms with Gasteiger partial charge in [-0.1, -0.05) is 42.5 Å². The number of ketones is 1. The van der Waals surface area contributed by atoms with Crippen LogP contribution in [0.5, 0.6) is 11.5 Å². The van der Waals surface area contributed by atoms with Crippen LogP contribution in [0.25, 0.3) is 10.9 Å². The zero-order chi connectivity index (χ0) is 25.7. The molecule has 186 valence electrons. The van der Waals surface area contributed by atoms with Gasteiger partial charge < -0.3 is 19.8 Å². The highest BCUT2D eigenvalue weighted by Gasteiger charge is 2.24. The van der Waals surface area contributed by atoms with E-state index in [1.807, 2.05) is 74.6 Å². The predicted octanol–water partition coefficient (Wildman–Crippen LogP) is 5.71. The van der Waals surface area contributed by atoms with Crippen molar-refractivity contribution >= 4 is 22.6 Å². The SMILES string of the molecule is COc1cccc(C(CNC(=O)CCC(=O)c2ccc(C)c(C)c2)c2c[nH]c3ccccc23)c1OC. The molecule has 0 radical (unpaired) electrons. The molecule has 0 fully saturated rings. The Kier molecular flexibility index (Phi) is 7.74. The van der Waals surface area contributed by atoms with Gasteiger partial charge in [-0.2, -0.15) is 0 Å². The Morgan fingerprint density at radius 1 is 0.889 bits per heavy atom. The van der Waals surface area contributed by atoms with E-state index < -0.39 is 0 Å². The van der Waals surface area contributed by atoms with Gasteiger partial charge in [-0.05, 0) is 48.7 Å². The fourth-order valence-corrected chi connectivity index (χ4v) is 4.55. The van der Waals surface area contributed by atoms with Crippen LogP contribution in [0.3, 0.4) is 0 Å². The minimum Gasteiger partial charge on any atom is -0.493 e. The molecule has 1 amide bonds. The maximum Gasteiger partial charge on any atom is 0.220 e. The number of aromatic amines is 1. The summed E-state index contributed by atoms with van der Waals surface area (Å²) in [5.41, 5.74) is 5.82. The zero-order valence-corrected chi connectivity index (χ0v) is 21.2. The summed E-state index contributed by atoms with van der Waals surface area (Å²) in [7, 11) is 3.22. The van der Waals surface area contributed by atoms with Crippen molar-refractivity contribution in [1.82, 2.24) is 10.3 Å². The van der Waals surface area contributed by atoms with Crippen LogP contribution < -0.4 is 14.8 Å². The molecule has 0 aliphatic heterocycles. The van der Waals surface area contributed by atoms with E-state index >= 15 is 0 Å². The van der Waals surface area contributed by atoms with E-state index in [1.165, 1.54) is 0 Å². The second kappa shape index (κ2) is 11.1. The summed E-state index contributed by atoms with van der Waals surface area (Å²) in [6.07, 6.45) is 2.26. The molecule has 0 spiro atoms. The van der Waals surface area contributed by atoms with Gasteiger partial charge in [-0.25, -0.2) is 0 Å². The Labute approximate surface area is 211 Å². The lowest BCUT2D eigenvalue weighted by Gasteiger charge is -2.22. The van der Waals surface area contributed by atoms with Crippen molar-refractivity contribution in [2.75, 3.05) is 20.8 Å². The molecule has 1 aromatic heterocycles. The number of Topliss-reactive ketones (excluding diaryl/α,β-unsaturated/α-hetero) is 1. The summed E-state index contributed by atoms with van der Waals surface area (Å²) in [5.74, 6) is 0.875. The molecule has 1 heterocycles. The number of H-pyrrole nitrogens is 1. The van der Waals surface area contributed by atoms with Gasteiger partial charge in [0.05, 0.1) is 14.2 Å². The second-order valence-corrected chi connectivity index (χ2v) is 8.95. The molecule has 1 atom stereocenters. The van der Waals surface area contributed by atoms with Crippen molar-refractivity contribution in [3.05, 3.63) is 94.7 Å². The van der Waals surface area contributed by atoms with Gasteiger partial charge in [0.15, 0.2) is 17.3 Å². The number of aromatic nitrogens is 1. The van der Waals surface area contributed by atoms with Crippen molar-refractivity contribution in [3.8, 4) is 11.5 Å². The second-order valence-electron chi connectivity index (χ2n) is 8.95. The van der Waals surface area contributed by atoms with Crippen molar-refractivity contribution in [3.63, 3.8) is 0 Å². The number of hydrogen-bond donors (Lipinski definition) is 2. The zero-order valence-electron chi connectivity index (χ0n) is 21.2. The standard InChI is InChI=1S/C30H32N2O4/c1-19-12-13-21(16-20(19)2)27(33)14-15-29(34)32-18-25(23-9-7-11-28(35-3)30(23)36-4)24-17-31-26-10-6-5-8-22(24)26/h5-13,16-17,25,31H,14-15,18H2,1-4H3,(H,32,34). The highest BCUT2D eigenvalue weighted by Crippen LogP contribution is 2.40. The largest absolute Gasteiger partial charge is 0.493 e. The number of methoxy groups -OCH3 is 2. The van der Waals surface area contributed by atoms with Crippen LogP contribution in [0.15, 0.2) is 66.9 Å². The monoisotopic (exact) mass is 484 g/mol. The first-order valence-electron chi connectivity index (χ1n) is 12.1. The number of carbonyl (C=O) groups excluding carboxylic acids is 2. The average Bonchev–Trinajstić information content (AvgIpc) is 3.32. The summed E-state index contributed by atoms with van der Waals surface area (Å²) in [5, 5.41) is 4.12. The first kappa shape index (κ1) is 25.0. The summed E-state index contributed by atoms with van der Waals surface area (Å²) >= 11 is 0. The average molecular weight is 485 g/mol. The summed E-state index contributed by atoms with van der Waals surface area (Å²) in [4.78, 5) is 28.8. The Morgan fingerprint density at radius 3 is 2.44 bits per heavy atom. The summed E-state index contributed by atoms with van der Waals surface area (Å²) in [6.45, 7) is 4.34. The quantitative estimate of drug-likeness (QED) is 0.283. The van der Waals surface area contributed by atoms with Gasteiger partial charge in [0.2, 0.25) is 5.91 Å². The van der Waals surface area contributed by atoms with Crippen molar-refractivity contribution in [2.45, 2.75) is 32.6 Å². The van der Waals surface area contributed by atoms with E-state index in [1.54, 1.807) is 14.2 Å². The number of ether oxygens (including phenoxy) is 2. The molecule has 0 saturated heterocycles. The summed E-state index contributed by atoms with van der Waals surface area (Å²) in [6, 6.07) is 19.5. The Morgan fingerprint density at radius 2 is 1.69 bits per heavy atom. The third kappa shape index (κ3) is 5.28. The third-order valence-corrected chi connectivity index (χ3v) is 6.72. The van der Waals surface area contributed by atoms with E-state index in [0.717, 1.165) is 33.2 Å². The Bertz CT molecular complexity index is 1390. The lowest BCUT2D eigenvalue weighted by molar-refractivity contribution is -0.121. The van der Waals surface area contributed by atoms with Crippen LogP contribution in [0, 0.1) is 13.8 Å². The molecule has 0 aliphatic carbocycles. The topological polar surface area (TPSA) is 80.4 Å². The number of amides is 1. The minimum atomic E-state index is -0.189. The van der Waals surface area contributed by atoms with Crippen molar-refractivity contribution in [1.29, 1.82) is 0 Å². The molecule has 4 aromatic rings. The van der Waals surface area contributed by atoms with Crippen LogP contribution in [-0.2, 0) is 4.79 Å². The van der Waals surface area contributed by atoms with E-state index in [9.17, 15) is 9.59 Å². The number of fused-ring (bicyclic) bond motifs is 1. The maximum absolute atomic E-state index is 12.8. The number of carbonyl (C=O) groups is 2. The van der Waals surface area contributed by atoms with Gasteiger partial charge >= 0.3 is 0 Å². The molecule has 6 nitrogen and oxygen atoms in total. The smallest absolute Gasteiger partial charge is 0.220 e. The first-order chi connectivity index (χ1) is 17.4. The van der Waals surface area contributed by atoms with E-state index in [0.29, 0.717) is 23.6 Å². The van der Waals surface area contributed by atoms with Gasteiger partial charge in [0.25, 0.3) is 0 Å². The van der Waals surface area contributed by atoms with Crippen LogP contribution in [0.1, 0.15) is 51.4 Å². The molecule has 6 heteroatoms. The molecule has 36 heavy (non-hydrogen) atoms. The van der Waals surface area contributed by atoms with Gasteiger partial charge in [0.1, 0.15) is 0 Å². The molecule has 2 N–H and O–H groups in total. The molecule has 0 bridgehead atoms. The normalized spacial score (nSPS) is 11.8. The van der Waals surface area contributed by atoms with Gasteiger partial charge in [-0.15, -0.1) is 0 Å². The summed E-state index contributed by atoms with van der Waals surface area (Å²) < 4.78 is 11.2.